The highest BCUT2D eigenvalue weighted by Gasteiger charge is 2.62. The molecule has 3 aliphatic carbocycles. The summed E-state index contributed by atoms with van der Waals surface area (Å²) in [4.78, 5) is 40.7. The maximum absolute atomic E-state index is 13.3. The minimum absolute atomic E-state index is 0.0962. The van der Waals surface area contributed by atoms with Crippen molar-refractivity contribution in [3.05, 3.63) is 64.7 Å². The van der Waals surface area contributed by atoms with E-state index in [4.69, 9.17) is 0 Å². The van der Waals surface area contributed by atoms with Crippen molar-refractivity contribution >= 4 is 23.3 Å². The number of carbonyl (C=O) groups excluding carboxylic acids is 3. The SMILES string of the molecule is Cc1ccc(C)c(N2C(=O)[C@@H]3[C@H](C2=O)[C@@H]2C(=O)C[C@@H]3c3ccccc32)c1. The number of aryl methyl sites for hydroxylation is 2. The van der Waals surface area contributed by atoms with Gasteiger partial charge >= 0.3 is 0 Å². The van der Waals surface area contributed by atoms with Gasteiger partial charge in [0.1, 0.15) is 5.78 Å². The molecule has 4 aliphatic rings. The van der Waals surface area contributed by atoms with Crippen LogP contribution in [0.1, 0.15) is 40.5 Å². The van der Waals surface area contributed by atoms with Gasteiger partial charge in [0.05, 0.1) is 23.4 Å². The first-order valence-corrected chi connectivity index (χ1v) is 9.05. The summed E-state index contributed by atoms with van der Waals surface area (Å²) in [5.41, 5.74) is 4.57. The number of rotatable bonds is 1. The summed E-state index contributed by atoms with van der Waals surface area (Å²) in [5, 5.41) is 0. The van der Waals surface area contributed by atoms with Gasteiger partial charge in [-0.1, -0.05) is 36.4 Å². The Morgan fingerprint density at radius 1 is 0.885 bits per heavy atom. The van der Waals surface area contributed by atoms with E-state index in [2.05, 4.69) is 0 Å². The van der Waals surface area contributed by atoms with Crippen LogP contribution in [0.25, 0.3) is 0 Å². The lowest BCUT2D eigenvalue weighted by Crippen LogP contribution is -2.44. The second-order valence-electron chi connectivity index (χ2n) is 7.74. The summed E-state index contributed by atoms with van der Waals surface area (Å²) in [7, 11) is 0. The molecule has 130 valence electrons. The Bertz CT molecular complexity index is 993. The van der Waals surface area contributed by atoms with E-state index in [1.807, 2.05) is 56.3 Å². The predicted molar refractivity (Wildman–Crippen MR) is 96.9 cm³/mol. The molecule has 4 nitrogen and oxygen atoms in total. The average Bonchev–Trinajstić information content (AvgIpc) is 2.89. The van der Waals surface area contributed by atoms with E-state index >= 15 is 0 Å². The molecule has 1 saturated heterocycles. The summed E-state index contributed by atoms with van der Waals surface area (Å²) < 4.78 is 0. The number of imide groups is 1. The molecule has 0 spiro atoms. The van der Waals surface area contributed by atoms with Crippen LogP contribution >= 0.6 is 0 Å². The number of Topliss-reactive ketones (excluding diaryl/α,β-unsaturated/α-hetero) is 1. The molecule has 2 aromatic carbocycles. The standard InChI is InChI=1S/C22H19NO3/c1-11-7-8-12(2)16(9-11)23-21(25)19-15-10-17(24)18(20(19)22(23)26)14-6-4-3-5-13(14)15/h3-9,15,18-20H,10H2,1-2H3/t15-,18+,19+,20-/m1/s1. The molecule has 1 saturated carbocycles. The number of hydrogen-bond donors (Lipinski definition) is 0. The third-order valence-electron chi connectivity index (χ3n) is 6.29. The van der Waals surface area contributed by atoms with Crippen LogP contribution in [0.2, 0.25) is 0 Å². The van der Waals surface area contributed by atoms with Gasteiger partial charge < -0.3 is 0 Å². The third kappa shape index (κ3) is 1.82. The molecular formula is C22H19NO3. The molecule has 6 rings (SSSR count). The van der Waals surface area contributed by atoms with Gasteiger partial charge in [-0.3, -0.25) is 14.4 Å². The normalized spacial score (nSPS) is 29.2. The van der Waals surface area contributed by atoms with Crippen LogP contribution in [0, 0.1) is 25.7 Å². The molecule has 26 heavy (non-hydrogen) atoms. The molecule has 4 atom stereocenters. The van der Waals surface area contributed by atoms with Gasteiger partial charge in [0, 0.05) is 12.3 Å². The molecule has 1 aliphatic heterocycles. The number of ketones is 1. The Labute approximate surface area is 151 Å². The third-order valence-corrected chi connectivity index (χ3v) is 6.29. The highest BCUT2D eigenvalue weighted by Crippen LogP contribution is 2.57. The van der Waals surface area contributed by atoms with Crippen molar-refractivity contribution in [1.29, 1.82) is 0 Å². The molecular weight excluding hydrogens is 326 g/mol. The minimum Gasteiger partial charge on any atom is -0.299 e. The molecule has 0 radical (unpaired) electrons. The summed E-state index contributed by atoms with van der Waals surface area (Å²) in [6, 6.07) is 13.6. The average molecular weight is 345 g/mol. The fraction of sp³-hybridized carbons (Fsp3) is 0.318. The highest BCUT2D eigenvalue weighted by molar-refractivity contribution is 6.25. The van der Waals surface area contributed by atoms with Crippen LogP contribution < -0.4 is 4.90 Å². The number of anilines is 1. The molecule has 0 N–H and O–H groups in total. The molecule has 1 heterocycles. The number of nitrogens with zero attached hydrogens (tertiary/aromatic N) is 1. The largest absolute Gasteiger partial charge is 0.299 e. The highest BCUT2D eigenvalue weighted by atomic mass is 16.2. The molecule has 4 heteroatoms. The van der Waals surface area contributed by atoms with Gasteiger partial charge in [0.2, 0.25) is 11.8 Å². The van der Waals surface area contributed by atoms with Crippen molar-refractivity contribution in [2.24, 2.45) is 11.8 Å². The molecule has 0 aromatic heterocycles. The van der Waals surface area contributed by atoms with Crippen molar-refractivity contribution < 1.29 is 14.4 Å². The Balaban J connectivity index is 1.68. The van der Waals surface area contributed by atoms with Gasteiger partial charge in [-0.25, -0.2) is 4.90 Å². The van der Waals surface area contributed by atoms with E-state index in [1.165, 1.54) is 4.90 Å². The van der Waals surface area contributed by atoms with Crippen LogP contribution in [0.3, 0.4) is 0 Å². The van der Waals surface area contributed by atoms with Crippen LogP contribution in [0.4, 0.5) is 5.69 Å². The number of fused-ring (bicyclic) bond motifs is 1. The predicted octanol–water partition coefficient (Wildman–Crippen LogP) is 3.26. The van der Waals surface area contributed by atoms with E-state index in [0.29, 0.717) is 12.1 Å². The Hall–Kier alpha value is -2.75. The van der Waals surface area contributed by atoms with E-state index in [0.717, 1.165) is 22.3 Å². The first-order chi connectivity index (χ1) is 12.5. The lowest BCUT2D eigenvalue weighted by Gasteiger charge is -2.43. The molecule has 0 unspecified atom stereocenters. The van der Waals surface area contributed by atoms with Crippen LogP contribution in [0.5, 0.6) is 0 Å². The molecule has 2 fully saturated rings. The van der Waals surface area contributed by atoms with Gasteiger partial charge in [-0.2, -0.15) is 0 Å². The van der Waals surface area contributed by atoms with Gasteiger partial charge in [-0.15, -0.1) is 0 Å². The summed E-state index contributed by atoms with van der Waals surface area (Å²) in [6.07, 6.45) is 0.364. The van der Waals surface area contributed by atoms with Crippen molar-refractivity contribution in [3.8, 4) is 0 Å². The zero-order chi connectivity index (χ0) is 18.2. The number of benzene rings is 2. The summed E-state index contributed by atoms with van der Waals surface area (Å²) in [6.45, 7) is 3.86. The van der Waals surface area contributed by atoms with Crippen molar-refractivity contribution in [1.82, 2.24) is 0 Å². The van der Waals surface area contributed by atoms with Crippen molar-refractivity contribution in [2.75, 3.05) is 4.90 Å². The molecule has 2 aromatic rings. The Morgan fingerprint density at radius 3 is 2.35 bits per heavy atom. The quantitative estimate of drug-likeness (QED) is 0.746. The smallest absolute Gasteiger partial charge is 0.238 e. The van der Waals surface area contributed by atoms with Crippen molar-refractivity contribution in [2.45, 2.75) is 32.1 Å². The maximum atomic E-state index is 13.3. The summed E-state index contributed by atoms with van der Waals surface area (Å²) in [5.74, 6) is -1.90. The van der Waals surface area contributed by atoms with E-state index < -0.39 is 17.8 Å². The first-order valence-electron chi connectivity index (χ1n) is 9.05. The van der Waals surface area contributed by atoms with E-state index in [9.17, 15) is 14.4 Å². The number of hydrogen-bond acceptors (Lipinski definition) is 3. The second kappa shape index (κ2) is 5.13. The van der Waals surface area contributed by atoms with Gasteiger partial charge in [0.15, 0.2) is 0 Å². The first kappa shape index (κ1) is 15.5. The zero-order valence-corrected chi connectivity index (χ0v) is 14.7. The number of amides is 2. The maximum Gasteiger partial charge on any atom is 0.238 e. The van der Waals surface area contributed by atoms with Crippen LogP contribution in [-0.4, -0.2) is 17.6 Å². The Kier molecular flexibility index (Phi) is 3.06. The van der Waals surface area contributed by atoms with E-state index in [1.54, 1.807) is 0 Å². The van der Waals surface area contributed by atoms with Gasteiger partial charge in [0.25, 0.3) is 0 Å². The minimum atomic E-state index is -0.552. The lowest BCUT2D eigenvalue weighted by atomic mass is 9.56. The Morgan fingerprint density at radius 2 is 1.58 bits per heavy atom. The lowest BCUT2D eigenvalue weighted by molar-refractivity contribution is -0.134. The topological polar surface area (TPSA) is 54.5 Å². The monoisotopic (exact) mass is 345 g/mol. The fourth-order valence-corrected chi connectivity index (χ4v) is 5.16. The number of carbonyl (C=O) groups is 3. The second-order valence-corrected chi connectivity index (χ2v) is 7.74. The molecule has 2 amide bonds. The van der Waals surface area contributed by atoms with Gasteiger partial charge in [-0.05, 0) is 42.2 Å². The van der Waals surface area contributed by atoms with Crippen LogP contribution in [-0.2, 0) is 14.4 Å². The summed E-state index contributed by atoms with van der Waals surface area (Å²) >= 11 is 0. The zero-order valence-electron chi connectivity index (χ0n) is 14.7. The van der Waals surface area contributed by atoms with Crippen LogP contribution in [0.15, 0.2) is 42.5 Å². The fourth-order valence-electron chi connectivity index (χ4n) is 5.16. The molecule has 2 bridgehead atoms. The van der Waals surface area contributed by atoms with E-state index in [-0.39, 0.29) is 23.5 Å². The van der Waals surface area contributed by atoms with Crippen molar-refractivity contribution in [3.63, 3.8) is 0 Å².